The van der Waals surface area contributed by atoms with Crippen molar-refractivity contribution in [3.8, 4) is 0 Å². The van der Waals surface area contributed by atoms with Crippen LogP contribution in [0.4, 0.5) is 10.5 Å². The number of fused-ring (bicyclic) bond motifs is 1. The van der Waals surface area contributed by atoms with Crippen molar-refractivity contribution in [2.24, 2.45) is 5.41 Å². The van der Waals surface area contributed by atoms with Gasteiger partial charge in [0.15, 0.2) is 0 Å². The Balaban J connectivity index is 1.49. The van der Waals surface area contributed by atoms with Crippen LogP contribution >= 0.6 is 0 Å². The number of hydrogen-bond donors (Lipinski definition) is 1. The number of carbonyl (C=O) groups is 2. The Morgan fingerprint density at radius 1 is 1.00 bits per heavy atom. The van der Waals surface area contributed by atoms with Gasteiger partial charge in [0.25, 0.3) is 0 Å². The number of urea groups is 1. The molecule has 28 heavy (non-hydrogen) atoms. The molecule has 1 aromatic carbocycles. The summed E-state index contributed by atoms with van der Waals surface area (Å²) in [5, 5.41) is 2.98. The van der Waals surface area contributed by atoms with Gasteiger partial charge in [-0.05, 0) is 45.0 Å². The van der Waals surface area contributed by atoms with Crippen LogP contribution < -0.4 is 5.32 Å². The molecule has 3 aliphatic heterocycles. The Labute approximate surface area is 166 Å². The maximum Gasteiger partial charge on any atom is 0.321 e. The van der Waals surface area contributed by atoms with Crippen molar-refractivity contribution in [3.05, 3.63) is 30.3 Å². The highest BCUT2D eigenvalue weighted by atomic mass is 16.5. The van der Waals surface area contributed by atoms with E-state index in [4.69, 9.17) is 4.74 Å². The molecule has 152 valence electrons. The Morgan fingerprint density at radius 2 is 1.71 bits per heavy atom. The Bertz CT molecular complexity index is 707. The van der Waals surface area contributed by atoms with Gasteiger partial charge in [0.1, 0.15) is 0 Å². The van der Waals surface area contributed by atoms with Crippen molar-refractivity contribution in [2.75, 3.05) is 58.3 Å². The van der Waals surface area contributed by atoms with E-state index in [0.717, 1.165) is 31.5 Å². The summed E-state index contributed by atoms with van der Waals surface area (Å²) in [5.74, 6) is 0.260. The fourth-order valence-corrected chi connectivity index (χ4v) is 5.00. The molecule has 1 N–H and O–H groups in total. The summed E-state index contributed by atoms with van der Waals surface area (Å²) in [5.41, 5.74) is 0.418. The first-order valence-electron chi connectivity index (χ1n) is 10.3. The zero-order valence-electron chi connectivity index (χ0n) is 16.6. The summed E-state index contributed by atoms with van der Waals surface area (Å²) < 4.78 is 5.43. The highest BCUT2D eigenvalue weighted by Crippen LogP contribution is 2.44. The minimum Gasteiger partial charge on any atom is -0.378 e. The first-order chi connectivity index (χ1) is 13.6. The van der Waals surface area contributed by atoms with E-state index in [1.54, 1.807) is 0 Å². The second-order valence-corrected chi connectivity index (χ2v) is 8.13. The number of likely N-dealkylation sites (tertiary alicyclic amines) is 2. The number of benzene rings is 1. The molecule has 0 aliphatic carbocycles. The van der Waals surface area contributed by atoms with E-state index in [1.165, 1.54) is 0 Å². The van der Waals surface area contributed by atoms with Crippen LogP contribution in [-0.2, 0) is 9.53 Å². The predicted octanol–water partition coefficient (Wildman–Crippen LogP) is 1.86. The largest absolute Gasteiger partial charge is 0.378 e. The molecule has 3 aliphatic rings. The van der Waals surface area contributed by atoms with Crippen molar-refractivity contribution < 1.29 is 14.3 Å². The maximum atomic E-state index is 13.5. The van der Waals surface area contributed by atoms with Crippen molar-refractivity contribution >= 4 is 17.6 Å². The lowest BCUT2D eigenvalue weighted by Gasteiger charge is -2.39. The molecule has 3 amide bonds. The summed E-state index contributed by atoms with van der Waals surface area (Å²) in [7, 11) is 2.11. The quantitative estimate of drug-likeness (QED) is 0.843. The van der Waals surface area contributed by atoms with Crippen molar-refractivity contribution in [2.45, 2.75) is 25.3 Å². The Morgan fingerprint density at radius 3 is 2.46 bits per heavy atom. The number of para-hydroxylation sites is 1. The zero-order chi connectivity index (χ0) is 19.6. The minimum atomic E-state index is -0.381. The first-order valence-corrected chi connectivity index (χ1v) is 10.3. The van der Waals surface area contributed by atoms with E-state index in [9.17, 15) is 9.59 Å². The average Bonchev–Trinajstić information content (AvgIpc) is 2.93. The smallest absolute Gasteiger partial charge is 0.321 e. The second-order valence-electron chi connectivity index (χ2n) is 8.13. The second kappa shape index (κ2) is 8.09. The predicted molar refractivity (Wildman–Crippen MR) is 107 cm³/mol. The standard InChI is InChI=1S/C21H30N4O3/c1-23-11-8-21(19(26)24-13-15-28-16-14-24)9-12-25(10-7-18(21)23)20(27)22-17-5-3-2-4-6-17/h2-6,18H,7-16H2,1H3,(H,22,27)/t18-,21-/m0/s1. The molecular formula is C21H30N4O3. The normalized spacial score (nSPS) is 28.5. The molecule has 3 saturated heterocycles. The van der Waals surface area contributed by atoms with Crippen LogP contribution in [0.1, 0.15) is 19.3 Å². The van der Waals surface area contributed by atoms with Crippen molar-refractivity contribution in [1.29, 1.82) is 0 Å². The first kappa shape index (κ1) is 19.2. The zero-order valence-corrected chi connectivity index (χ0v) is 16.6. The van der Waals surface area contributed by atoms with E-state index in [2.05, 4.69) is 17.3 Å². The third kappa shape index (κ3) is 3.61. The summed E-state index contributed by atoms with van der Waals surface area (Å²) in [6, 6.07) is 9.64. The van der Waals surface area contributed by atoms with E-state index in [1.807, 2.05) is 40.1 Å². The fourth-order valence-electron chi connectivity index (χ4n) is 5.00. The average molecular weight is 386 g/mol. The van der Waals surface area contributed by atoms with Crippen LogP contribution in [0.5, 0.6) is 0 Å². The lowest BCUT2D eigenvalue weighted by atomic mass is 9.75. The SMILES string of the molecule is CN1CC[C@]2(C(=O)N3CCOCC3)CCN(C(=O)Nc3ccccc3)CC[C@H]12. The third-order valence-corrected chi connectivity index (χ3v) is 6.62. The number of rotatable bonds is 2. The molecule has 0 aromatic heterocycles. The Kier molecular flexibility index (Phi) is 5.55. The molecule has 0 bridgehead atoms. The molecule has 7 nitrogen and oxygen atoms in total. The number of amides is 3. The van der Waals surface area contributed by atoms with Gasteiger partial charge in [-0.25, -0.2) is 4.79 Å². The number of anilines is 1. The number of nitrogens with one attached hydrogen (secondary N) is 1. The molecular weight excluding hydrogens is 356 g/mol. The van der Waals surface area contributed by atoms with E-state index in [0.29, 0.717) is 39.4 Å². The summed E-state index contributed by atoms with van der Waals surface area (Å²) in [6.07, 6.45) is 2.42. The van der Waals surface area contributed by atoms with Crippen molar-refractivity contribution in [1.82, 2.24) is 14.7 Å². The van der Waals surface area contributed by atoms with E-state index in [-0.39, 0.29) is 23.4 Å². The van der Waals surface area contributed by atoms with E-state index >= 15 is 0 Å². The van der Waals surface area contributed by atoms with Crippen LogP contribution in [0.3, 0.4) is 0 Å². The third-order valence-electron chi connectivity index (χ3n) is 6.62. The van der Waals surface area contributed by atoms with Gasteiger partial charge < -0.3 is 24.8 Å². The molecule has 3 heterocycles. The molecule has 0 saturated carbocycles. The van der Waals surface area contributed by atoms with Gasteiger partial charge in [-0.15, -0.1) is 0 Å². The van der Waals surface area contributed by atoms with Gasteiger partial charge >= 0.3 is 6.03 Å². The van der Waals surface area contributed by atoms with Crippen LogP contribution in [0.15, 0.2) is 30.3 Å². The molecule has 0 spiro atoms. The maximum absolute atomic E-state index is 13.5. The van der Waals surface area contributed by atoms with Crippen LogP contribution in [0.2, 0.25) is 0 Å². The van der Waals surface area contributed by atoms with Crippen LogP contribution in [0, 0.1) is 5.41 Å². The monoisotopic (exact) mass is 386 g/mol. The number of nitrogens with zero attached hydrogens (tertiary/aromatic N) is 3. The number of ether oxygens (including phenoxy) is 1. The van der Waals surface area contributed by atoms with Gasteiger partial charge in [-0.3, -0.25) is 4.79 Å². The molecule has 0 radical (unpaired) electrons. The number of carbonyl (C=O) groups excluding carboxylic acids is 2. The summed E-state index contributed by atoms with van der Waals surface area (Å²) in [4.78, 5) is 32.5. The highest BCUT2D eigenvalue weighted by Gasteiger charge is 2.54. The van der Waals surface area contributed by atoms with Crippen molar-refractivity contribution in [3.63, 3.8) is 0 Å². The van der Waals surface area contributed by atoms with Gasteiger partial charge in [0.05, 0.1) is 18.6 Å². The number of morpholine rings is 1. The highest BCUT2D eigenvalue weighted by molar-refractivity contribution is 5.89. The lowest BCUT2D eigenvalue weighted by molar-refractivity contribution is -0.148. The summed E-state index contributed by atoms with van der Waals surface area (Å²) in [6.45, 7) is 4.81. The Hall–Kier alpha value is -2.12. The molecule has 1 aromatic rings. The topological polar surface area (TPSA) is 65.1 Å². The van der Waals surface area contributed by atoms with Crippen LogP contribution in [-0.4, -0.2) is 85.7 Å². The van der Waals surface area contributed by atoms with E-state index < -0.39 is 0 Å². The minimum absolute atomic E-state index is 0.0807. The molecule has 7 heteroatoms. The molecule has 2 atom stereocenters. The number of hydrogen-bond acceptors (Lipinski definition) is 4. The van der Waals surface area contributed by atoms with Gasteiger partial charge in [0, 0.05) is 37.9 Å². The fraction of sp³-hybridized carbons (Fsp3) is 0.619. The molecule has 3 fully saturated rings. The van der Waals surface area contributed by atoms with Crippen LogP contribution in [0.25, 0.3) is 0 Å². The summed E-state index contributed by atoms with van der Waals surface area (Å²) >= 11 is 0. The van der Waals surface area contributed by atoms with Gasteiger partial charge in [0.2, 0.25) is 5.91 Å². The van der Waals surface area contributed by atoms with Gasteiger partial charge in [-0.2, -0.15) is 0 Å². The van der Waals surface area contributed by atoms with Gasteiger partial charge in [-0.1, -0.05) is 18.2 Å². The lowest BCUT2D eigenvalue weighted by Crippen LogP contribution is -2.53. The molecule has 0 unspecified atom stereocenters. The molecule has 4 rings (SSSR count).